The van der Waals surface area contributed by atoms with Gasteiger partial charge in [-0.3, -0.25) is 0 Å². The zero-order valence-electron chi connectivity index (χ0n) is 18.3. The average Bonchev–Trinajstić information content (AvgIpc) is 2.62. The van der Waals surface area contributed by atoms with Gasteiger partial charge in [0.1, 0.15) is 17.1 Å². The normalized spacial score (nSPS) is 11.8. The number of aryl methyl sites for hydroxylation is 1. The number of aromatic carboxylic acids is 1. The summed E-state index contributed by atoms with van der Waals surface area (Å²) in [7, 11) is 1.56. The van der Waals surface area contributed by atoms with Crippen LogP contribution in [0, 0.1) is 0 Å². The summed E-state index contributed by atoms with van der Waals surface area (Å²) >= 11 is 0. The molecule has 0 aliphatic heterocycles. The van der Waals surface area contributed by atoms with Crippen LogP contribution in [-0.2, 0) is 12.8 Å². The molecule has 0 bridgehead atoms. The number of benzene rings is 1. The van der Waals surface area contributed by atoms with Gasteiger partial charge in [-0.1, -0.05) is 42.6 Å². The molecule has 156 valence electrons. The Labute approximate surface area is 169 Å². The van der Waals surface area contributed by atoms with E-state index in [9.17, 15) is 15.0 Å². The van der Waals surface area contributed by atoms with Gasteiger partial charge in [0, 0.05) is 12.0 Å². The van der Waals surface area contributed by atoms with Crippen LogP contribution in [0.5, 0.6) is 11.5 Å². The van der Waals surface area contributed by atoms with Crippen LogP contribution >= 0.6 is 0 Å². The molecule has 0 saturated carbocycles. The molecule has 0 unspecified atom stereocenters. The summed E-state index contributed by atoms with van der Waals surface area (Å²) in [4.78, 5) is 11.8. The average molecular weight is 389 g/mol. The fourth-order valence-electron chi connectivity index (χ4n) is 3.30. The minimum absolute atomic E-state index is 0.0156. The SMILES string of the molecule is CCCCCc1cc(OC)c(C/C(C)=C(\C)CCC=C(C)C)c(O)c1C(=O)O. The fourth-order valence-corrected chi connectivity index (χ4v) is 3.30. The van der Waals surface area contributed by atoms with Crippen LogP contribution in [0.1, 0.15) is 88.2 Å². The smallest absolute Gasteiger partial charge is 0.339 e. The van der Waals surface area contributed by atoms with E-state index in [1.54, 1.807) is 13.2 Å². The molecule has 1 rings (SSSR count). The number of hydrogen-bond acceptors (Lipinski definition) is 3. The highest BCUT2D eigenvalue weighted by molar-refractivity contribution is 5.93. The fraction of sp³-hybridized carbons (Fsp3) is 0.542. The first-order valence-electron chi connectivity index (χ1n) is 10.2. The lowest BCUT2D eigenvalue weighted by atomic mass is 9.92. The molecule has 1 aromatic rings. The van der Waals surface area contributed by atoms with Crippen molar-refractivity contribution < 1.29 is 19.7 Å². The third kappa shape index (κ3) is 6.74. The Bertz CT molecular complexity index is 737. The van der Waals surface area contributed by atoms with Gasteiger partial charge >= 0.3 is 5.97 Å². The highest BCUT2D eigenvalue weighted by atomic mass is 16.5. The Balaban J connectivity index is 3.25. The molecule has 2 N–H and O–H groups in total. The van der Waals surface area contributed by atoms with E-state index in [-0.39, 0.29) is 11.3 Å². The summed E-state index contributed by atoms with van der Waals surface area (Å²) in [5.74, 6) is -0.685. The molecule has 0 aliphatic rings. The summed E-state index contributed by atoms with van der Waals surface area (Å²) in [6.45, 7) is 10.4. The monoisotopic (exact) mass is 388 g/mol. The minimum Gasteiger partial charge on any atom is -0.507 e. The molecule has 4 nitrogen and oxygen atoms in total. The van der Waals surface area contributed by atoms with Crippen LogP contribution in [-0.4, -0.2) is 23.3 Å². The first kappa shape index (κ1) is 23.8. The number of unbranched alkanes of at least 4 members (excludes halogenated alkanes) is 2. The Morgan fingerprint density at radius 2 is 1.82 bits per heavy atom. The highest BCUT2D eigenvalue weighted by Crippen LogP contribution is 2.37. The lowest BCUT2D eigenvalue weighted by molar-refractivity contribution is 0.0692. The maximum atomic E-state index is 11.8. The number of methoxy groups -OCH3 is 1. The Kier molecular flexibility index (Phi) is 9.84. The van der Waals surface area contributed by atoms with E-state index in [1.165, 1.54) is 11.1 Å². The minimum atomic E-state index is -1.09. The summed E-state index contributed by atoms with van der Waals surface area (Å²) in [5.41, 5.74) is 4.89. The zero-order chi connectivity index (χ0) is 21.3. The Morgan fingerprint density at radius 1 is 1.14 bits per heavy atom. The lowest BCUT2D eigenvalue weighted by Crippen LogP contribution is -2.08. The number of rotatable bonds is 11. The van der Waals surface area contributed by atoms with E-state index >= 15 is 0 Å². The van der Waals surface area contributed by atoms with Gasteiger partial charge in [0.25, 0.3) is 0 Å². The van der Waals surface area contributed by atoms with Crippen LogP contribution in [0.2, 0.25) is 0 Å². The van der Waals surface area contributed by atoms with Crippen molar-refractivity contribution in [3.8, 4) is 11.5 Å². The molecule has 1 aromatic carbocycles. The topological polar surface area (TPSA) is 66.8 Å². The number of aromatic hydroxyl groups is 1. The summed E-state index contributed by atoms with van der Waals surface area (Å²) < 4.78 is 5.52. The van der Waals surface area contributed by atoms with Crippen molar-refractivity contribution in [3.05, 3.63) is 45.6 Å². The quantitative estimate of drug-likeness (QED) is 0.337. The van der Waals surface area contributed by atoms with Crippen molar-refractivity contribution in [1.29, 1.82) is 0 Å². The second-order valence-electron chi connectivity index (χ2n) is 7.76. The summed E-state index contributed by atoms with van der Waals surface area (Å²) in [5, 5.41) is 20.5. The molecule has 0 fully saturated rings. The molecular formula is C24H36O4. The number of hydrogen-bond donors (Lipinski definition) is 2. The number of carbonyl (C=O) groups is 1. The van der Waals surface area contributed by atoms with Crippen molar-refractivity contribution >= 4 is 5.97 Å². The maximum Gasteiger partial charge on any atom is 0.339 e. The predicted molar refractivity (Wildman–Crippen MR) is 116 cm³/mol. The zero-order valence-corrected chi connectivity index (χ0v) is 18.3. The van der Waals surface area contributed by atoms with Crippen molar-refractivity contribution in [2.45, 2.75) is 79.6 Å². The van der Waals surface area contributed by atoms with Crippen molar-refractivity contribution in [1.82, 2.24) is 0 Å². The first-order chi connectivity index (χ1) is 13.2. The van der Waals surface area contributed by atoms with Crippen LogP contribution in [0.4, 0.5) is 0 Å². The number of allylic oxidation sites excluding steroid dienone is 4. The van der Waals surface area contributed by atoms with Crippen LogP contribution < -0.4 is 4.74 Å². The second-order valence-corrected chi connectivity index (χ2v) is 7.76. The molecule has 0 amide bonds. The van der Waals surface area contributed by atoms with E-state index in [2.05, 4.69) is 33.8 Å². The lowest BCUT2D eigenvalue weighted by Gasteiger charge is -2.18. The molecule has 0 atom stereocenters. The van der Waals surface area contributed by atoms with Gasteiger partial charge in [-0.25, -0.2) is 4.79 Å². The van der Waals surface area contributed by atoms with Crippen LogP contribution in [0.25, 0.3) is 0 Å². The highest BCUT2D eigenvalue weighted by Gasteiger charge is 2.23. The maximum absolute atomic E-state index is 11.8. The summed E-state index contributed by atoms with van der Waals surface area (Å²) in [6.07, 6.45) is 8.20. The molecular weight excluding hydrogens is 352 g/mol. The van der Waals surface area contributed by atoms with Gasteiger partial charge in [0.2, 0.25) is 0 Å². The first-order valence-corrected chi connectivity index (χ1v) is 10.2. The molecule has 0 aromatic heterocycles. The van der Waals surface area contributed by atoms with Gasteiger partial charge in [-0.2, -0.15) is 0 Å². The van der Waals surface area contributed by atoms with Gasteiger partial charge in [-0.15, -0.1) is 0 Å². The second kappa shape index (κ2) is 11.6. The molecule has 0 aliphatic carbocycles. The molecule has 28 heavy (non-hydrogen) atoms. The number of phenols is 1. The van der Waals surface area contributed by atoms with Gasteiger partial charge in [0.15, 0.2) is 0 Å². The van der Waals surface area contributed by atoms with Gasteiger partial charge in [0.05, 0.1) is 7.11 Å². The van der Waals surface area contributed by atoms with E-state index in [4.69, 9.17) is 4.74 Å². The van der Waals surface area contributed by atoms with Crippen LogP contribution in [0.15, 0.2) is 28.9 Å². The predicted octanol–water partition coefficient (Wildman–Crippen LogP) is 6.46. The van der Waals surface area contributed by atoms with E-state index < -0.39 is 5.97 Å². The van der Waals surface area contributed by atoms with Crippen molar-refractivity contribution in [2.24, 2.45) is 0 Å². The van der Waals surface area contributed by atoms with Crippen molar-refractivity contribution in [2.75, 3.05) is 7.11 Å². The van der Waals surface area contributed by atoms with Gasteiger partial charge in [-0.05, 0) is 65.0 Å². The summed E-state index contributed by atoms with van der Waals surface area (Å²) in [6, 6.07) is 1.79. The van der Waals surface area contributed by atoms with Gasteiger partial charge < -0.3 is 14.9 Å². The Morgan fingerprint density at radius 3 is 2.36 bits per heavy atom. The molecule has 0 heterocycles. The van der Waals surface area contributed by atoms with Crippen LogP contribution in [0.3, 0.4) is 0 Å². The third-order valence-electron chi connectivity index (χ3n) is 5.17. The standard InChI is InChI=1S/C24H36O4/c1-7-8-9-13-19-15-21(28-6)20(23(25)22(19)24(26)27)14-18(5)17(4)12-10-11-16(2)3/h11,15,25H,7-10,12-14H2,1-6H3,(H,26,27)/b18-17+. The molecule has 0 spiro atoms. The molecule has 0 saturated heterocycles. The number of carboxylic acid groups (broad SMARTS) is 1. The third-order valence-corrected chi connectivity index (χ3v) is 5.17. The molecule has 0 radical (unpaired) electrons. The Hall–Kier alpha value is -2.23. The largest absolute Gasteiger partial charge is 0.507 e. The van der Waals surface area contributed by atoms with E-state index in [0.717, 1.165) is 37.7 Å². The van der Waals surface area contributed by atoms with E-state index in [0.29, 0.717) is 29.7 Å². The van der Waals surface area contributed by atoms with E-state index in [1.807, 2.05) is 6.92 Å². The van der Waals surface area contributed by atoms with Crippen molar-refractivity contribution in [3.63, 3.8) is 0 Å². The number of carboxylic acids is 1. The number of ether oxygens (including phenoxy) is 1. The molecule has 4 heteroatoms.